The van der Waals surface area contributed by atoms with E-state index >= 15 is 0 Å². The van der Waals surface area contributed by atoms with Crippen molar-refractivity contribution in [3.8, 4) is 0 Å². The van der Waals surface area contributed by atoms with E-state index < -0.39 is 22.8 Å². The molecule has 0 unspecified atom stereocenters. The van der Waals surface area contributed by atoms with Gasteiger partial charge in [0.15, 0.2) is 0 Å². The number of allylic oxidation sites excluding steroid dienone is 4. The maximum Gasteiger partial charge on any atom is 0.319 e. The summed E-state index contributed by atoms with van der Waals surface area (Å²) >= 11 is 0. The van der Waals surface area contributed by atoms with Gasteiger partial charge in [-0.1, -0.05) is 48.6 Å². The summed E-state index contributed by atoms with van der Waals surface area (Å²) in [5.41, 5.74) is -3.36. The summed E-state index contributed by atoms with van der Waals surface area (Å²) in [4.78, 5) is 23.7. The fourth-order valence-electron chi connectivity index (χ4n) is 2.35. The predicted molar refractivity (Wildman–Crippen MR) is 89.4 cm³/mol. The van der Waals surface area contributed by atoms with Gasteiger partial charge in [0.25, 0.3) is 0 Å². The molecule has 0 aliphatic carbocycles. The van der Waals surface area contributed by atoms with Crippen LogP contribution in [0.2, 0.25) is 0 Å². The first-order valence-corrected chi connectivity index (χ1v) is 6.40. The molecule has 0 aliphatic rings. The van der Waals surface area contributed by atoms with Crippen LogP contribution in [0.3, 0.4) is 0 Å². The molecule has 0 aliphatic heterocycles. The second kappa shape index (κ2) is 10.5. The van der Waals surface area contributed by atoms with Crippen molar-refractivity contribution in [3.05, 3.63) is 48.6 Å². The third kappa shape index (κ3) is 4.16. The Morgan fingerprint density at radius 2 is 0.818 bits per heavy atom. The fourth-order valence-corrected chi connectivity index (χ4v) is 2.35. The molecule has 0 spiro atoms. The first-order chi connectivity index (χ1) is 9.38. The summed E-state index contributed by atoms with van der Waals surface area (Å²) < 4.78 is 0. The quantitative estimate of drug-likeness (QED) is 0.527. The molecule has 0 saturated carbocycles. The van der Waals surface area contributed by atoms with Crippen LogP contribution in [0.25, 0.3) is 0 Å². The Labute approximate surface area is 132 Å². The van der Waals surface area contributed by atoms with Crippen LogP contribution in [0.5, 0.6) is 0 Å². The summed E-state index contributed by atoms with van der Waals surface area (Å²) in [5.74, 6) is -2.43. The molecule has 8 N–H and O–H groups in total. The predicted octanol–water partition coefficient (Wildman–Crippen LogP) is 3.76. The molecule has 0 radical (unpaired) electrons. The van der Waals surface area contributed by atoms with Gasteiger partial charge in [-0.2, -0.15) is 0 Å². The van der Waals surface area contributed by atoms with E-state index in [4.69, 9.17) is 0 Å². The van der Waals surface area contributed by atoms with Crippen LogP contribution in [0.1, 0.15) is 27.7 Å². The third-order valence-corrected chi connectivity index (χ3v) is 3.11. The average molecular weight is 312 g/mol. The lowest BCUT2D eigenvalue weighted by Gasteiger charge is -2.37. The maximum absolute atomic E-state index is 11.9. The number of rotatable bonds is 7. The molecule has 0 fully saturated rings. The van der Waals surface area contributed by atoms with Crippen molar-refractivity contribution in [2.75, 3.05) is 0 Å². The minimum Gasteiger partial charge on any atom is -0.480 e. The molecule has 0 aromatic rings. The molecular weight excluding hydrogens is 284 g/mol. The van der Waals surface area contributed by atoms with E-state index in [1.807, 2.05) is 0 Å². The molecule has 6 nitrogen and oxygen atoms in total. The van der Waals surface area contributed by atoms with E-state index in [1.165, 1.54) is 24.3 Å². The van der Waals surface area contributed by atoms with Crippen molar-refractivity contribution in [1.29, 1.82) is 0 Å². The number of carboxylic acids is 2. The maximum atomic E-state index is 11.9. The van der Waals surface area contributed by atoms with Crippen molar-refractivity contribution in [3.63, 3.8) is 0 Å². The van der Waals surface area contributed by atoms with Gasteiger partial charge in [-0.25, -0.2) is 0 Å². The molecule has 0 aromatic heterocycles. The van der Waals surface area contributed by atoms with Crippen LogP contribution in [-0.4, -0.2) is 22.2 Å². The highest BCUT2D eigenvalue weighted by molar-refractivity contribution is 5.93. The molecule has 0 bridgehead atoms. The zero-order valence-corrected chi connectivity index (χ0v) is 13.7. The molecular formula is C16H28N2O4. The summed E-state index contributed by atoms with van der Waals surface area (Å²) in [6.45, 7) is 6.66. The topological polar surface area (TPSA) is 145 Å². The minimum atomic E-state index is -1.68. The van der Waals surface area contributed by atoms with E-state index in [0.717, 1.165) is 0 Å². The van der Waals surface area contributed by atoms with Gasteiger partial charge in [-0.05, 0) is 27.7 Å². The van der Waals surface area contributed by atoms with Crippen LogP contribution < -0.4 is 12.3 Å². The third-order valence-electron chi connectivity index (χ3n) is 3.11. The number of hydrogen-bond donors (Lipinski definition) is 4. The number of carboxylic acid groups (broad SMARTS) is 2. The second-order valence-electron chi connectivity index (χ2n) is 4.35. The largest absolute Gasteiger partial charge is 0.480 e. The van der Waals surface area contributed by atoms with Gasteiger partial charge >= 0.3 is 11.9 Å². The highest BCUT2D eigenvalue weighted by Crippen LogP contribution is 2.46. The van der Waals surface area contributed by atoms with Gasteiger partial charge in [0, 0.05) is 0 Å². The van der Waals surface area contributed by atoms with Gasteiger partial charge in [-0.15, -0.1) is 0 Å². The zero-order valence-electron chi connectivity index (χ0n) is 13.7. The Morgan fingerprint density at radius 3 is 0.909 bits per heavy atom. The van der Waals surface area contributed by atoms with Gasteiger partial charge in [0.2, 0.25) is 0 Å². The van der Waals surface area contributed by atoms with Crippen LogP contribution in [0, 0.1) is 10.8 Å². The van der Waals surface area contributed by atoms with E-state index in [1.54, 1.807) is 52.0 Å². The van der Waals surface area contributed by atoms with E-state index in [2.05, 4.69) is 0 Å². The molecule has 0 heterocycles. The second-order valence-corrected chi connectivity index (χ2v) is 4.35. The van der Waals surface area contributed by atoms with E-state index in [9.17, 15) is 19.8 Å². The first-order valence-electron chi connectivity index (χ1n) is 6.40. The molecule has 0 saturated heterocycles. The monoisotopic (exact) mass is 312 g/mol. The molecule has 0 atom stereocenters. The summed E-state index contributed by atoms with van der Waals surface area (Å²) in [7, 11) is 0. The number of carbonyl (C=O) groups is 2. The van der Waals surface area contributed by atoms with Gasteiger partial charge in [0.05, 0.1) is 0 Å². The molecule has 0 rings (SSSR count). The Kier molecular flexibility index (Phi) is 11.9. The Morgan fingerprint density at radius 1 is 0.636 bits per heavy atom. The minimum absolute atomic E-state index is 0. The van der Waals surface area contributed by atoms with Crippen LogP contribution in [0.4, 0.5) is 0 Å². The molecule has 126 valence electrons. The Hall–Kier alpha value is -2.18. The average Bonchev–Trinajstić information content (AvgIpc) is 2.37. The zero-order chi connectivity index (χ0) is 15.8. The van der Waals surface area contributed by atoms with Gasteiger partial charge < -0.3 is 22.5 Å². The first kappa shape index (κ1) is 24.8. The summed E-state index contributed by atoms with van der Waals surface area (Å²) in [5, 5.41) is 19.4. The standard InChI is InChI=1S/C16H22O4.2H3N/c1-5-9-15(10-6-2,13(17)18)16(11-7-3,12-8-4)14(19)20;;/h5-12H,1-4H3,(H,17,18)(H,19,20);2*1H3. The number of aliphatic carboxylic acids is 2. The molecule has 0 amide bonds. The normalized spacial score (nSPS) is 17.1. The lowest BCUT2D eigenvalue weighted by atomic mass is 9.62. The van der Waals surface area contributed by atoms with Gasteiger partial charge in [0.1, 0.15) is 10.8 Å². The highest BCUT2D eigenvalue weighted by Gasteiger charge is 2.55. The summed E-state index contributed by atoms with van der Waals surface area (Å²) in [6, 6.07) is 0. The van der Waals surface area contributed by atoms with Crippen molar-refractivity contribution < 1.29 is 19.8 Å². The Balaban J connectivity index is -0.00000180. The van der Waals surface area contributed by atoms with Crippen LogP contribution in [-0.2, 0) is 9.59 Å². The van der Waals surface area contributed by atoms with Crippen molar-refractivity contribution >= 4 is 11.9 Å². The molecule has 0 aromatic carbocycles. The van der Waals surface area contributed by atoms with Gasteiger partial charge in [-0.3, -0.25) is 9.59 Å². The SMILES string of the molecule is CC=CC(C=CC)(C(=O)O)C(C=CC)(C=CC)C(=O)O.N.N. The fraction of sp³-hybridized carbons (Fsp3) is 0.375. The van der Waals surface area contributed by atoms with Crippen LogP contribution in [0.15, 0.2) is 48.6 Å². The molecule has 22 heavy (non-hydrogen) atoms. The van der Waals surface area contributed by atoms with E-state index in [0.29, 0.717) is 0 Å². The molecule has 6 heteroatoms. The van der Waals surface area contributed by atoms with Crippen LogP contribution >= 0.6 is 0 Å². The summed E-state index contributed by atoms with van der Waals surface area (Å²) in [6.07, 6.45) is 11.8. The highest BCUT2D eigenvalue weighted by atomic mass is 16.4. The van der Waals surface area contributed by atoms with Crippen molar-refractivity contribution in [1.82, 2.24) is 12.3 Å². The lowest BCUT2D eigenvalue weighted by Crippen LogP contribution is -2.48. The van der Waals surface area contributed by atoms with Crippen molar-refractivity contribution in [2.45, 2.75) is 27.7 Å². The lowest BCUT2D eigenvalue weighted by molar-refractivity contribution is -0.158. The number of hydrogen-bond acceptors (Lipinski definition) is 4. The Bertz CT molecular complexity index is 409. The smallest absolute Gasteiger partial charge is 0.319 e. The van der Waals surface area contributed by atoms with E-state index in [-0.39, 0.29) is 12.3 Å². The van der Waals surface area contributed by atoms with Crippen molar-refractivity contribution in [2.24, 2.45) is 10.8 Å².